The molecule has 2 aliphatic heterocycles. The van der Waals surface area contributed by atoms with E-state index < -0.39 is 0 Å². The van der Waals surface area contributed by atoms with Crippen molar-refractivity contribution in [3.8, 4) is 0 Å². The minimum absolute atomic E-state index is 0.690. The van der Waals surface area contributed by atoms with Gasteiger partial charge in [0.1, 0.15) is 0 Å². The molecule has 88 valence electrons. The molecule has 2 fully saturated rings. The molecule has 2 heterocycles. The third kappa shape index (κ3) is 2.36. The number of hydrogen-bond donors (Lipinski definition) is 1. The first-order valence-electron chi connectivity index (χ1n) is 6.70. The normalized spacial score (nSPS) is 32.0. The van der Waals surface area contributed by atoms with E-state index in [1.54, 1.807) is 0 Å². The van der Waals surface area contributed by atoms with Gasteiger partial charge in [-0.25, -0.2) is 0 Å². The summed E-state index contributed by atoms with van der Waals surface area (Å²) in [5, 5.41) is 3.53. The lowest BCUT2D eigenvalue weighted by Gasteiger charge is -2.48. The standard InChI is InChI=1S/C13H26N2/c1-3-8-15-9-5-13(6-10-15)4-7-14-11-12(13)2/h12,14H,3-11H2,1-2H3. The van der Waals surface area contributed by atoms with Gasteiger partial charge >= 0.3 is 0 Å². The minimum atomic E-state index is 0.690. The van der Waals surface area contributed by atoms with Crippen molar-refractivity contribution >= 4 is 0 Å². The number of hydrogen-bond acceptors (Lipinski definition) is 2. The topological polar surface area (TPSA) is 15.3 Å². The first-order valence-corrected chi connectivity index (χ1v) is 6.70. The molecule has 1 N–H and O–H groups in total. The summed E-state index contributed by atoms with van der Waals surface area (Å²) in [6.07, 6.45) is 5.60. The van der Waals surface area contributed by atoms with Crippen LogP contribution in [0, 0.1) is 11.3 Å². The quantitative estimate of drug-likeness (QED) is 0.751. The highest BCUT2D eigenvalue weighted by Gasteiger charge is 2.40. The van der Waals surface area contributed by atoms with Gasteiger partial charge in [-0.2, -0.15) is 0 Å². The van der Waals surface area contributed by atoms with Crippen molar-refractivity contribution in [1.82, 2.24) is 10.2 Å². The Hall–Kier alpha value is -0.0800. The van der Waals surface area contributed by atoms with Crippen LogP contribution in [0.4, 0.5) is 0 Å². The predicted octanol–water partition coefficient (Wildman–Crippen LogP) is 2.11. The molecule has 0 amide bonds. The molecule has 1 atom stereocenters. The van der Waals surface area contributed by atoms with Gasteiger partial charge in [0.25, 0.3) is 0 Å². The fourth-order valence-electron chi connectivity index (χ4n) is 3.40. The molecule has 2 rings (SSSR count). The summed E-state index contributed by atoms with van der Waals surface area (Å²) >= 11 is 0. The summed E-state index contributed by atoms with van der Waals surface area (Å²) in [6.45, 7) is 11.2. The summed E-state index contributed by atoms with van der Waals surface area (Å²) in [5.41, 5.74) is 0.690. The van der Waals surface area contributed by atoms with Gasteiger partial charge in [-0.1, -0.05) is 13.8 Å². The maximum absolute atomic E-state index is 3.53. The van der Waals surface area contributed by atoms with Crippen LogP contribution >= 0.6 is 0 Å². The number of nitrogens with one attached hydrogen (secondary N) is 1. The Morgan fingerprint density at radius 2 is 2.00 bits per heavy atom. The maximum atomic E-state index is 3.53. The highest BCUT2D eigenvalue weighted by Crippen LogP contribution is 2.43. The van der Waals surface area contributed by atoms with E-state index in [1.807, 2.05) is 0 Å². The molecule has 0 aromatic heterocycles. The van der Waals surface area contributed by atoms with Crippen molar-refractivity contribution in [3.63, 3.8) is 0 Å². The average molecular weight is 210 g/mol. The van der Waals surface area contributed by atoms with Crippen LogP contribution in [-0.4, -0.2) is 37.6 Å². The highest BCUT2D eigenvalue weighted by atomic mass is 15.1. The van der Waals surface area contributed by atoms with Gasteiger partial charge in [-0.15, -0.1) is 0 Å². The largest absolute Gasteiger partial charge is 0.316 e. The lowest BCUT2D eigenvalue weighted by Crippen LogP contribution is -2.50. The fraction of sp³-hybridized carbons (Fsp3) is 1.00. The molecule has 0 bridgehead atoms. The molecular weight excluding hydrogens is 184 g/mol. The van der Waals surface area contributed by atoms with Crippen molar-refractivity contribution < 1.29 is 0 Å². The van der Waals surface area contributed by atoms with Crippen molar-refractivity contribution in [2.45, 2.75) is 39.5 Å². The molecule has 0 saturated carbocycles. The number of likely N-dealkylation sites (tertiary alicyclic amines) is 1. The van der Waals surface area contributed by atoms with E-state index in [0.29, 0.717) is 5.41 Å². The number of nitrogens with zero attached hydrogens (tertiary/aromatic N) is 1. The zero-order valence-corrected chi connectivity index (χ0v) is 10.4. The summed E-state index contributed by atoms with van der Waals surface area (Å²) in [5.74, 6) is 0.884. The molecule has 0 aliphatic carbocycles. The molecule has 0 aromatic carbocycles. The van der Waals surface area contributed by atoms with E-state index in [1.165, 1.54) is 58.4 Å². The van der Waals surface area contributed by atoms with E-state index >= 15 is 0 Å². The Bertz CT molecular complexity index is 195. The van der Waals surface area contributed by atoms with Crippen molar-refractivity contribution in [1.29, 1.82) is 0 Å². The summed E-state index contributed by atoms with van der Waals surface area (Å²) in [4.78, 5) is 2.65. The van der Waals surface area contributed by atoms with Crippen LogP contribution in [0.15, 0.2) is 0 Å². The monoisotopic (exact) mass is 210 g/mol. The molecule has 1 spiro atoms. The zero-order valence-electron chi connectivity index (χ0n) is 10.4. The van der Waals surface area contributed by atoms with E-state index in [2.05, 4.69) is 24.1 Å². The first-order chi connectivity index (χ1) is 7.27. The van der Waals surface area contributed by atoms with Gasteiger partial charge in [-0.3, -0.25) is 0 Å². The predicted molar refractivity (Wildman–Crippen MR) is 65.0 cm³/mol. The van der Waals surface area contributed by atoms with E-state index in [9.17, 15) is 0 Å². The summed E-state index contributed by atoms with van der Waals surface area (Å²) < 4.78 is 0. The molecule has 2 nitrogen and oxygen atoms in total. The Labute approximate surface area is 94.4 Å². The van der Waals surface area contributed by atoms with Crippen LogP contribution in [-0.2, 0) is 0 Å². The second-order valence-electron chi connectivity index (χ2n) is 5.56. The van der Waals surface area contributed by atoms with Gasteiger partial charge in [0, 0.05) is 0 Å². The van der Waals surface area contributed by atoms with Crippen molar-refractivity contribution in [2.75, 3.05) is 32.7 Å². The second kappa shape index (κ2) is 4.84. The van der Waals surface area contributed by atoms with Gasteiger partial charge in [-0.05, 0) is 69.7 Å². The van der Waals surface area contributed by atoms with Crippen LogP contribution < -0.4 is 5.32 Å². The van der Waals surface area contributed by atoms with E-state index in [0.717, 1.165) is 5.92 Å². The van der Waals surface area contributed by atoms with Crippen molar-refractivity contribution in [3.05, 3.63) is 0 Å². The Morgan fingerprint density at radius 3 is 2.60 bits per heavy atom. The van der Waals surface area contributed by atoms with Crippen LogP contribution in [0.5, 0.6) is 0 Å². The Balaban J connectivity index is 1.89. The smallest absolute Gasteiger partial charge is 0.00133 e. The van der Waals surface area contributed by atoms with Gasteiger partial charge in [0.15, 0.2) is 0 Å². The van der Waals surface area contributed by atoms with E-state index in [-0.39, 0.29) is 0 Å². The molecule has 0 radical (unpaired) electrons. The van der Waals surface area contributed by atoms with Gasteiger partial charge in [0.05, 0.1) is 0 Å². The number of piperidine rings is 2. The van der Waals surface area contributed by atoms with Crippen LogP contribution in [0.2, 0.25) is 0 Å². The Morgan fingerprint density at radius 1 is 1.27 bits per heavy atom. The lowest BCUT2D eigenvalue weighted by atomic mass is 9.65. The number of rotatable bonds is 2. The van der Waals surface area contributed by atoms with Gasteiger partial charge in [0.2, 0.25) is 0 Å². The van der Waals surface area contributed by atoms with Crippen LogP contribution in [0.3, 0.4) is 0 Å². The molecular formula is C13H26N2. The average Bonchev–Trinajstić information content (AvgIpc) is 2.26. The molecule has 1 unspecified atom stereocenters. The van der Waals surface area contributed by atoms with E-state index in [4.69, 9.17) is 0 Å². The highest BCUT2D eigenvalue weighted by molar-refractivity contribution is 4.93. The maximum Gasteiger partial charge on any atom is -0.00133 e. The van der Waals surface area contributed by atoms with Crippen LogP contribution in [0.25, 0.3) is 0 Å². The molecule has 2 aliphatic rings. The molecule has 15 heavy (non-hydrogen) atoms. The first kappa shape index (κ1) is 11.4. The SMILES string of the molecule is CCCN1CCC2(CCNCC2C)CC1. The summed E-state index contributed by atoms with van der Waals surface area (Å²) in [6, 6.07) is 0. The van der Waals surface area contributed by atoms with Crippen molar-refractivity contribution in [2.24, 2.45) is 11.3 Å². The molecule has 0 aromatic rings. The molecule has 2 saturated heterocycles. The van der Waals surface area contributed by atoms with Gasteiger partial charge < -0.3 is 10.2 Å². The fourth-order valence-corrected chi connectivity index (χ4v) is 3.40. The minimum Gasteiger partial charge on any atom is -0.316 e. The zero-order chi connectivity index (χ0) is 10.7. The second-order valence-corrected chi connectivity index (χ2v) is 5.56. The lowest BCUT2D eigenvalue weighted by molar-refractivity contribution is 0.0303. The summed E-state index contributed by atoms with van der Waals surface area (Å²) in [7, 11) is 0. The third-order valence-electron chi connectivity index (χ3n) is 4.69. The third-order valence-corrected chi connectivity index (χ3v) is 4.69. The Kier molecular flexibility index (Phi) is 3.68. The molecule has 2 heteroatoms. The van der Waals surface area contributed by atoms with Crippen LogP contribution in [0.1, 0.15) is 39.5 Å².